The molecule has 2 fully saturated rings. The first-order valence-corrected chi connectivity index (χ1v) is 23.4. The summed E-state index contributed by atoms with van der Waals surface area (Å²) in [6.07, 6.45) is -6.32. The van der Waals surface area contributed by atoms with E-state index in [1.807, 2.05) is 170 Å². The number of carboxylic acids is 1. The molecule has 2 amide bonds. The summed E-state index contributed by atoms with van der Waals surface area (Å²) in [6.45, 7) is 0.614. The Morgan fingerprint density at radius 3 is 1.79 bits per heavy atom. The third kappa shape index (κ3) is 9.91. The van der Waals surface area contributed by atoms with Gasteiger partial charge in [0.05, 0.1) is 23.7 Å². The van der Waals surface area contributed by atoms with Gasteiger partial charge in [-0.2, -0.15) is 0 Å². The Kier molecular flexibility index (Phi) is 14.3. The Hall–Kier alpha value is -6.81. The minimum Gasteiger partial charge on any atom is -0.480 e. The molecule has 9 rings (SSSR count). The van der Waals surface area contributed by atoms with Gasteiger partial charge in [-0.1, -0.05) is 170 Å². The van der Waals surface area contributed by atoms with Crippen molar-refractivity contribution in [2.45, 2.75) is 60.6 Å². The predicted molar refractivity (Wildman–Crippen MR) is 253 cm³/mol. The van der Waals surface area contributed by atoms with Crippen LogP contribution in [0, 0.1) is 0 Å². The van der Waals surface area contributed by atoms with Crippen LogP contribution in [-0.4, -0.2) is 91.3 Å². The summed E-state index contributed by atoms with van der Waals surface area (Å²) in [5.74, 6) is -2.92. The number of ether oxygens (including phenoxy) is 6. The first kappa shape index (κ1) is 46.3. The number of hydrogen-bond donors (Lipinski definition) is 3. The van der Waals surface area contributed by atoms with E-state index in [-0.39, 0.29) is 24.9 Å². The predicted octanol–water partition coefficient (Wildman–Crippen LogP) is 7.98. The lowest BCUT2D eigenvalue weighted by atomic mass is 9.84. The van der Waals surface area contributed by atoms with Crippen LogP contribution in [-0.2, 0) is 47.6 Å². The van der Waals surface area contributed by atoms with E-state index >= 15 is 0 Å². The number of benzene rings is 6. The average Bonchev–Trinajstić information content (AvgIpc) is 3.69. The van der Waals surface area contributed by atoms with Gasteiger partial charge in [-0.15, -0.1) is 11.8 Å². The number of thioether (sulfide) groups is 1. The Bertz CT molecular complexity index is 2550. The molecule has 3 N–H and O–H groups in total. The minimum atomic E-state index is -1.61. The summed E-state index contributed by atoms with van der Waals surface area (Å²) in [5, 5.41) is 15.5. The number of rotatable bonds is 16. The molecule has 0 aromatic heterocycles. The highest BCUT2D eigenvalue weighted by Crippen LogP contribution is 2.49. The molecule has 68 heavy (non-hydrogen) atoms. The number of hydrogen-bond acceptors (Lipinski definition) is 11. The third-order valence-corrected chi connectivity index (χ3v) is 13.9. The van der Waals surface area contributed by atoms with E-state index in [9.17, 15) is 24.3 Å². The van der Waals surface area contributed by atoms with Crippen molar-refractivity contribution in [1.29, 1.82) is 0 Å². The highest BCUT2D eigenvalue weighted by atomic mass is 32.2. The van der Waals surface area contributed by atoms with Gasteiger partial charge < -0.3 is 44.2 Å². The van der Waals surface area contributed by atoms with Crippen molar-refractivity contribution >= 4 is 35.7 Å². The minimum absolute atomic E-state index is 0.0286. The number of esters is 1. The third-order valence-electron chi connectivity index (χ3n) is 12.4. The molecular formula is C54H50N2O11S. The van der Waals surface area contributed by atoms with E-state index in [2.05, 4.69) is 10.6 Å². The van der Waals surface area contributed by atoms with Gasteiger partial charge in [-0.25, -0.2) is 9.59 Å². The van der Waals surface area contributed by atoms with Gasteiger partial charge in [0.2, 0.25) is 5.91 Å². The van der Waals surface area contributed by atoms with E-state index < -0.39 is 78.3 Å². The van der Waals surface area contributed by atoms with Crippen LogP contribution in [0.2, 0.25) is 0 Å². The number of carbonyl (C=O) groups is 4. The van der Waals surface area contributed by atoms with Crippen molar-refractivity contribution in [3.8, 4) is 11.1 Å². The average molecular weight is 935 g/mol. The zero-order valence-electron chi connectivity index (χ0n) is 37.1. The van der Waals surface area contributed by atoms with Gasteiger partial charge in [-0.3, -0.25) is 9.59 Å². The van der Waals surface area contributed by atoms with Crippen LogP contribution in [0.3, 0.4) is 0 Å². The summed E-state index contributed by atoms with van der Waals surface area (Å²) < 4.78 is 36.4. The lowest BCUT2D eigenvalue weighted by Gasteiger charge is -2.49. The van der Waals surface area contributed by atoms with Crippen LogP contribution in [0.15, 0.2) is 170 Å². The van der Waals surface area contributed by atoms with Gasteiger partial charge in [0.15, 0.2) is 24.7 Å². The van der Waals surface area contributed by atoms with E-state index in [4.69, 9.17) is 28.4 Å². The molecule has 14 heteroatoms. The van der Waals surface area contributed by atoms with Crippen LogP contribution < -0.4 is 10.6 Å². The SMILES string of the molecule is CC(=O)NC1C(OC(=O)CSC(c2ccccc2)(c2ccccc2)c2ccccc2)[C@@H]2OC(c3ccccc3)OCC2O[C@H]1OCC(NC(=O)OCC1c2ccccc2-c2ccccc21)C(=O)O. The number of carbonyl (C=O) groups excluding carboxylic acids is 3. The second kappa shape index (κ2) is 21.0. The molecule has 2 aliphatic heterocycles. The number of alkyl carbamates (subject to hydrolysis) is 1. The maximum atomic E-state index is 14.5. The monoisotopic (exact) mass is 934 g/mol. The first-order valence-electron chi connectivity index (χ1n) is 22.4. The van der Waals surface area contributed by atoms with Crippen molar-refractivity contribution in [2.75, 3.05) is 25.6 Å². The van der Waals surface area contributed by atoms with Crippen molar-refractivity contribution in [3.63, 3.8) is 0 Å². The molecule has 0 saturated carbocycles. The van der Waals surface area contributed by atoms with Crippen molar-refractivity contribution in [1.82, 2.24) is 10.6 Å². The van der Waals surface area contributed by atoms with Crippen LogP contribution >= 0.6 is 11.8 Å². The molecule has 348 valence electrons. The summed E-state index contributed by atoms with van der Waals surface area (Å²) in [7, 11) is 0. The largest absolute Gasteiger partial charge is 0.480 e. The summed E-state index contributed by atoms with van der Waals surface area (Å²) in [4.78, 5) is 53.4. The van der Waals surface area contributed by atoms with Gasteiger partial charge >= 0.3 is 18.0 Å². The fourth-order valence-electron chi connectivity index (χ4n) is 9.29. The molecule has 13 nitrogen and oxygen atoms in total. The van der Waals surface area contributed by atoms with Crippen molar-refractivity contribution in [2.24, 2.45) is 0 Å². The van der Waals surface area contributed by atoms with Gasteiger partial charge in [0, 0.05) is 18.4 Å². The molecular weight excluding hydrogens is 885 g/mol. The Labute approximate surface area is 398 Å². The molecule has 6 aromatic carbocycles. The van der Waals surface area contributed by atoms with Crippen LogP contribution in [0.5, 0.6) is 0 Å². The highest BCUT2D eigenvalue weighted by Gasteiger charge is 2.53. The second-order valence-corrected chi connectivity index (χ2v) is 17.9. The maximum Gasteiger partial charge on any atom is 0.407 e. The van der Waals surface area contributed by atoms with E-state index in [0.29, 0.717) is 5.56 Å². The topological polar surface area (TPSA) is 168 Å². The molecule has 6 aromatic rings. The maximum absolute atomic E-state index is 14.5. The number of aliphatic carboxylic acids is 1. The van der Waals surface area contributed by atoms with E-state index in [1.165, 1.54) is 18.7 Å². The molecule has 0 spiro atoms. The number of nitrogens with one attached hydrogen (secondary N) is 2. The van der Waals surface area contributed by atoms with E-state index in [1.54, 1.807) is 0 Å². The first-order chi connectivity index (χ1) is 33.2. The van der Waals surface area contributed by atoms with Gasteiger partial charge in [-0.05, 0) is 38.9 Å². The van der Waals surface area contributed by atoms with Crippen molar-refractivity contribution in [3.05, 3.63) is 203 Å². The van der Waals surface area contributed by atoms with Crippen molar-refractivity contribution < 1.29 is 52.7 Å². The van der Waals surface area contributed by atoms with E-state index in [0.717, 1.165) is 38.9 Å². The summed E-state index contributed by atoms with van der Waals surface area (Å²) in [6, 6.07) is 51.9. The second-order valence-electron chi connectivity index (χ2n) is 16.7. The molecule has 2 heterocycles. The highest BCUT2D eigenvalue weighted by molar-refractivity contribution is 8.01. The zero-order valence-corrected chi connectivity index (χ0v) is 37.9. The van der Waals surface area contributed by atoms with Gasteiger partial charge in [0.25, 0.3) is 0 Å². The number of fused-ring (bicyclic) bond motifs is 4. The lowest BCUT2D eigenvalue weighted by Crippen LogP contribution is -2.68. The summed E-state index contributed by atoms with van der Waals surface area (Å²) >= 11 is 1.39. The Morgan fingerprint density at radius 1 is 0.721 bits per heavy atom. The standard InChI is InChI=1S/C54H50N2O11S/c1-34(57)55-47-49(66-46(58)33-68-54(36-20-8-3-9-21-36,37-22-10-4-11-23-37)38-24-12-5-13-25-38)48-45(32-63-51(67-48)35-18-6-2-7-19-35)65-52(47)62-31-44(50(59)60)56-53(61)64-30-43-41-28-16-14-26-39(41)40-27-15-17-29-42(40)43/h2-29,43-45,47-49,51-52H,30-33H2,1H3,(H,55,57)(H,56,61)(H,59,60)/t44?,45?,47?,48-,49?,51?,52-/m1/s1. The fraction of sp³-hybridized carbons (Fsp3) is 0.259. The molecule has 3 aliphatic rings. The van der Waals surface area contributed by atoms with Crippen LogP contribution in [0.1, 0.15) is 52.5 Å². The smallest absolute Gasteiger partial charge is 0.407 e. The molecule has 2 saturated heterocycles. The molecule has 0 bridgehead atoms. The summed E-state index contributed by atoms with van der Waals surface area (Å²) in [5.41, 5.74) is 7.64. The lowest BCUT2D eigenvalue weighted by molar-refractivity contribution is -0.345. The quantitative estimate of drug-likeness (QED) is 0.0634. The van der Waals surface area contributed by atoms with Gasteiger partial charge in [0.1, 0.15) is 24.9 Å². The molecule has 5 unspecified atom stereocenters. The van der Waals surface area contributed by atoms with Crippen LogP contribution in [0.4, 0.5) is 4.79 Å². The molecule has 0 radical (unpaired) electrons. The molecule has 7 atom stereocenters. The fourth-order valence-corrected chi connectivity index (χ4v) is 10.6. The van der Waals surface area contributed by atoms with Crippen LogP contribution in [0.25, 0.3) is 11.1 Å². The number of carboxylic acid groups (broad SMARTS) is 1. The Morgan fingerprint density at radius 2 is 1.25 bits per heavy atom. The number of amides is 2. The zero-order chi connectivity index (χ0) is 47.0. The molecule has 1 aliphatic carbocycles. The Balaban J connectivity index is 0.951. The normalized spacial score (nSPS) is 21.2.